The molecule has 8 heteroatoms. The smallest absolute Gasteiger partial charge is 0.325 e. The summed E-state index contributed by atoms with van der Waals surface area (Å²) in [4.78, 5) is 21.8. The van der Waals surface area contributed by atoms with Gasteiger partial charge in [0.2, 0.25) is 5.75 Å². The average molecular weight is 361 g/mol. The van der Waals surface area contributed by atoms with E-state index in [-0.39, 0.29) is 18.0 Å². The maximum atomic E-state index is 11.4. The molecule has 0 radical (unpaired) electrons. The summed E-state index contributed by atoms with van der Waals surface area (Å²) in [5.74, 6) is -0.339. The normalized spacial score (nSPS) is 13.3. The van der Waals surface area contributed by atoms with Crippen LogP contribution in [-0.4, -0.2) is 30.1 Å². The van der Waals surface area contributed by atoms with Crippen LogP contribution < -0.4 is 10.5 Å². The molecule has 0 aliphatic heterocycles. The Morgan fingerprint density at radius 3 is 2.76 bits per heavy atom. The van der Waals surface area contributed by atoms with Crippen LogP contribution in [0.5, 0.6) is 5.75 Å². The van der Waals surface area contributed by atoms with Crippen LogP contribution in [0.2, 0.25) is 0 Å². The SMILES string of the molecule is COC(=O)C(C)(N)CCCOc1c(Br)cccc1[N+](=O)[O-]. The number of carbonyl (C=O) groups excluding carboxylic acids is 1. The lowest BCUT2D eigenvalue weighted by molar-refractivity contribution is -0.386. The van der Waals surface area contributed by atoms with Crippen molar-refractivity contribution in [2.24, 2.45) is 5.73 Å². The van der Waals surface area contributed by atoms with E-state index in [1.165, 1.54) is 13.2 Å². The number of ether oxygens (including phenoxy) is 2. The van der Waals surface area contributed by atoms with Crippen molar-refractivity contribution in [3.8, 4) is 5.75 Å². The van der Waals surface area contributed by atoms with Crippen LogP contribution in [0.3, 0.4) is 0 Å². The summed E-state index contributed by atoms with van der Waals surface area (Å²) in [6.07, 6.45) is 0.804. The van der Waals surface area contributed by atoms with Gasteiger partial charge in [0.1, 0.15) is 5.54 Å². The van der Waals surface area contributed by atoms with Crippen LogP contribution in [0.4, 0.5) is 5.69 Å². The molecule has 116 valence electrons. The highest BCUT2D eigenvalue weighted by Crippen LogP contribution is 2.34. The van der Waals surface area contributed by atoms with Crippen molar-refractivity contribution in [2.75, 3.05) is 13.7 Å². The number of hydrogen-bond donors (Lipinski definition) is 1. The summed E-state index contributed by atoms with van der Waals surface area (Å²) in [7, 11) is 1.27. The Morgan fingerprint density at radius 2 is 2.19 bits per heavy atom. The van der Waals surface area contributed by atoms with Gasteiger partial charge < -0.3 is 15.2 Å². The first kappa shape index (κ1) is 17.4. The molecule has 21 heavy (non-hydrogen) atoms. The summed E-state index contributed by atoms with van der Waals surface area (Å²) in [5.41, 5.74) is 4.59. The third-order valence-corrected chi connectivity index (χ3v) is 3.51. The third kappa shape index (κ3) is 4.68. The molecule has 0 saturated carbocycles. The third-order valence-electron chi connectivity index (χ3n) is 2.88. The number of nitro benzene ring substituents is 1. The minimum absolute atomic E-state index is 0.118. The van der Waals surface area contributed by atoms with Gasteiger partial charge in [-0.2, -0.15) is 0 Å². The number of esters is 1. The predicted molar refractivity (Wildman–Crippen MR) is 80.1 cm³/mol. The van der Waals surface area contributed by atoms with E-state index in [0.717, 1.165) is 0 Å². The first-order valence-corrected chi connectivity index (χ1v) is 7.02. The fraction of sp³-hybridized carbons (Fsp3) is 0.462. The predicted octanol–water partition coefficient (Wildman–Crippen LogP) is 2.41. The molecular weight excluding hydrogens is 344 g/mol. The van der Waals surface area contributed by atoms with Gasteiger partial charge >= 0.3 is 11.7 Å². The molecule has 0 heterocycles. The number of rotatable bonds is 7. The van der Waals surface area contributed by atoms with Crippen LogP contribution in [0.1, 0.15) is 19.8 Å². The quantitative estimate of drug-likeness (QED) is 0.346. The van der Waals surface area contributed by atoms with Gasteiger partial charge in [-0.15, -0.1) is 0 Å². The average Bonchev–Trinajstić information content (AvgIpc) is 2.43. The summed E-state index contributed by atoms with van der Waals surface area (Å²) in [5, 5.41) is 10.9. The van der Waals surface area contributed by atoms with Crippen molar-refractivity contribution in [1.29, 1.82) is 0 Å². The van der Waals surface area contributed by atoms with E-state index in [0.29, 0.717) is 17.3 Å². The number of nitrogens with zero attached hydrogens (tertiary/aromatic N) is 1. The summed E-state index contributed by atoms with van der Waals surface area (Å²) in [6, 6.07) is 4.58. The number of methoxy groups -OCH3 is 1. The maximum Gasteiger partial charge on any atom is 0.325 e. The van der Waals surface area contributed by atoms with Gasteiger partial charge in [-0.1, -0.05) is 6.07 Å². The standard InChI is InChI=1S/C13H17BrN2O5/c1-13(15,12(17)20-2)7-4-8-21-11-9(14)5-3-6-10(11)16(18)19/h3,5-6H,4,7-8,15H2,1-2H3. The largest absolute Gasteiger partial charge is 0.486 e. The minimum Gasteiger partial charge on any atom is -0.486 e. The number of hydrogen-bond acceptors (Lipinski definition) is 6. The molecule has 1 rings (SSSR count). The number of nitrogens with two attached hydrogens (primary N) is 1. The van der Waals surface area contributed by atoms with Crippen LogP contribution in [0, 0.1) is 10.1 Å². The van der Waals surface area contributed by atoms with Crippen molar-refractivity contribution in [2.45, 2.75) is 25.3 Å². The number of halogens is 1. The van der Waals surface area contributed by atoms with Crippen LogP contribution in [-0.2, 0) is 9.53 Å². The second-order valence-corrected chi connectivity index (χ2v) is 5.56. The highest BCUT2D eigenvalue weighted by atomic mass is 79.9. The van der Waals surface area contributed by atoms with Gasteiger partial charge in [0.15, 0.2) is 0 Å². The number of nitro groups is 1. The molecule has 1 aromatic rings. The molecule has 7 nitrogen and oxygen atoms in total. The van der Waals surface area contributed by atoms with E-state index in [1.807, 2.05) is 0 Å². The fourth-order valence-corrected chi connectivity index (χ4v) is 2.20. The van der Waals surface area contributed by atoms with E-state index in [9.17, 15) is 14.9 Å². The van der Waals surface area contributed by atoms with Crippen molar-refractivity contribution in [3.05, 3.63) is 32.8 Å². The Hall–Kier alpha value is -1.67. The molecule has 1 unspecified atom stereocenters. The summed E-state index contributed by atoms with van der Waals surface area (Å²) >= 11 is 3.21. The van der Waals surface area contributed by atoms with Crippen molar-refractivity contribution in [3.63, 3.8) is 0 Å². The zero-order valence-electron chi connectivity index (χ0n) is 11.8. The van der Waals surface area contributed by atoms with E-state index < -0.39 is 16.4 Å². The molecule has 1 aromatic carbocycles. The van der Waals surface area contributed by atoms with Crippen LogP contribution in [0.15, 0.2) is 22.7 Å². The molecular formula is C13H17BrN2O5. The van der Waals surface area contributed by atoms with Gasteiger partial charge in [-0.05, 0) is 41.8 Å². The fourth-order valence-electron chi connectivity index (χ4n) is 1.73. The Balaban J connectivity index is 2.62. The minimum atomic E-state index is -1.10. The molecule has 2 N–H and O–H groups in total. The first-order chi connectivity index (χ1) is 9.79. The Kier molecular flexibility index (Phi) is 6.10. The topological polar surface area (TPSA) is 105 Å². The molecule has 0 amide bonds. The molecule has 0 aliphatic rings. The Morgan fingerprint density at radius 1 is 1.52 bits per heavy atom. The van der Waals surface area contributed by atoms with Crippen LogP contribution in [0.25, 0.3) is 0 Å². The van der Waals surface area contributed by atoms with E-state index >= 15 is 0 Å². The van der Waals surface area contributed by atoms with Gasteiger partial charge in [0.25, 0.3) is 0 Å². The van der Waals surface area contributed by atoms with Crippen LogP contribution >= 0.6 is 15.9 Å². The molecule has 0 fully saturated rings. The lowest BCUT2D eigenvalue weighted by Crippen LogP contribution is -2.45. The second kappa shape index (κ2) is 7.37. The molecule has 0 bridgehead atoms. The Labute approximate surface area is 130 Å². The van der Waals surface area contributed by atoms with Crippen molar-refractivity contribution < 1.29 is 19.2 Å². The lowest BCUT2D eigenvalue weighted by atomic mass is 9.98. The second-order valence-electron chi connectivity index (χ2n) is 4.71. The molecule has 0 saturated heterocycles. The molecule has 0 aliphatic carbocycles. The molecule has 1 atom stereocenters. The number of benzene rings is 1. The van der Waals surface area contributed by atoms with E-state index in [4.69, 9.17) is 10.5 Å². The van der Waals surface area contributed by atoms with Crippen molar-refractivity contribution >= 4 is 27.6 Å². The number of para-hydroxylation sites is 1. The molecule has 0 spiro atoms. The van der Waals surface area contributed by atoms with Gasteiger partial charge in [0, 0.05) is 6.07 Å². The van der Waals surface area contributed by atoms with E-state index in [2.05, 4.69) is 20.7 Å². The number of carbonyl (C=O) groups is 1. The summed E-state index contributed by atoms with van der Waals surface area (Å²) < 4.78 is 10.5. The van der Waals surface area contributed by atoms with E-state index in [1.54, 1.807) is 19.1 Å². The highest BCUT2D eigenvalue weighted by Gasteiger charge is 2.29. The molecule has 0 aromatic heterocycles. The zero-order valence-corrected chi connectivity index (χ0v) is 13.4. The van der Waals surface area contributed by atoms with Gasteiger partial charge in [0.05, 0.1) is 23.1 Å². The van der Waals surface area contributed by atoms with Crippen molar-refractivity contribution in [1.82, 2.24) is 0 Å². The highest BCUT2D eigenvalue weighted by molar-refractivity contribution is 9.10. The zero-order chi connectivity index (χ0) is 16.0. The van der Waals surface area contributed by atoms with Gasteiger partial charge in [-0.3, -0.25) is 14.9 Å². The van der Waals surface area contributed by atoms with Gasteiger partial charge in [-0.25, -0.2) is 0 Å². The lowest BCUT2D eigenvalue weighted by Gasteiger charge is -2.21. The maximum absolute atomic E-state index is 11.4. The Bertz CT molecular complexity index is 533. The summed E-state index contributed by atoms with van der Waals surface area (Å²) in [6.45, 7) is 1.77. The first-order valence-electron chi connectivity index (χ1n) is 6.22. The monoisotopic (exact) mass is 360 g/mol.